The Kier molecular flexibility index (Phi) is 10.2. The van der Waals surface area contributed by atoms with Gasteiger partial charge >= 0.3 is 0 Å². The van der Waals surface area contributed by atoms with Gasteiger partial charge in [-0.1, -0.05) is 25.9 Å². The van der Waals surface area contributed by atoms with Crippen LogP contribution in [0.4, 0.5) is 0 Å². The average molecular weight is 506 g/mol. The normalized spacial score (nSPS) is 15.9. The zero-order valence-electron chi connectivity index (χ0n) is 17.7. The van der Waals surface area contributed by atoms with Crippen molar-refractivity contribution in [2.75, 3.05) is 45.8 Å². The number of carbonyl (C=O) groups is 1. The Labute approximate surface area is 185 Å². The molecule has 0 radical (unpaired) electrons. The van der Waals surface area contributed by atoms with E-state index in [0.717, 1.165) is 56.7 Å². The first kappa shape index (κ1) is 24.7. The van der Waals surface area contributed by atoms with E-state index >= 15 is 0 Å². The zero-order valence-corrected chi connectivity index (χ0v) is 20.1. The molecule has 0 saturated carbocycles. The van der Waals surface area contributed by atoms with Crippen molar-refractivity contribution < 1.29 is 9.32 Å². The van der Waals surface area contributed by atoms with Gasteiger partial charge in [-0.15, -0.1) is 24.0 Å². The summed E-state index contributed by atoms with van der Waals surface area (Å²) >= 11 is 0. The van der Waals surface area contributed by atoms with Crippen molar-refractivity contribution in [1.82, 2.24) is 25.6 Å². The molecule has 1 amide bonds. The molecule has 1 aromatic heterocycles. The molecule has 2 rings (SSSR count). The van der Waals surface area contributed by atoms with Gasteiger partial charge in [-0.2, -0.15) is 0 Å². The Morgan fingerprint density at radius 3 is 2.46 bits per heavy atom. The number of piperazine rings is 1. The highest BCUT2D eigenvalue weighted by Crippen LogP contribution is 2.12. The summed E-state index contributed by atoms with van der Waals surface area (Å²) < 4.78 is 5.14. The number of rotatable bonds is 6. The van der Waals surface area contributed by atoms with Gasteiger partial charge in [0.2, 0.25) is 5.91 Å². The predicted octanol–water partition coefficient (Wildman–Crippen LogP) is 1.85. The molecule has 2 heterocycles. The molecule has 1 aliphatic rings. The van der Waals surface area contributed by atoms with Crippen LogP contribution in [0.25, 0.3) is 0 Å². The molecule has 8 nitrogen and oxygen atoms in total. The second-order valence-electron chi connectivity index (χ2n) is 7.93. The summed E-state index contributed by atoms with van der Waals surface area (Å²) in [6.45, 7) is 16.2. The van der Waals surface area contributed by atoms with Crippen LogP contribution < -0.4 is 10.6 Å². The first-order chi connectivity index (χ1) is 12.8. The van der Waals surface area contributed by atoms with Crippen molar-refractivity contribution in [3.63, 3.8) is 0 Å². The van der Waals surface area contributed by atoms with Crippen LogP contribution in [-0.2, 0) is 11.3 Å². The topological polar surface area (TPSA) is 86.0 Å². The molecule has 0 aliphatic carbocycles. The minimum absolute atomic E-state index is 0. The third kappa shape index (κ3) is 7.94. The Hall–Kier alpha value is -1.36. The van der Waals surface area contributed by atoms with Crippen LogP contribution in [0, 0.1) is 12.3 Å². The number of halogens is 1. The fraction of sp³-hybridized carbons (Fsp3) is 0.737. The summed E-state index contributed by atoms with van der Waals surface area (Å²) in [5.74, 6) is 1.82. The molecule has 9 heteroatoms. The Morgan fingerprint density at radius 1 is 1.25 bits per heavy atom. The lowest BCUT2D eigenvalue weighted by Gasteiger charge is -2.36. The predicted molar refractivity (Wildman–Crippen MR) is 122 cm³/mol. The Balaban J connectivity index is 0.00000392. The van der Waals surface area contributed by atoms with Gasteiger partial charge in [-0.3, -0.25) is 14.7 Å². The maximum Gasteiger partial charge on any atom is 0.225 e. The van der Waals surface area contributed by atoms with Crippen LogP contribution in [0.3, 0.4) is 0 Å². The average Bonchev–Trinajstić information content (AvgIpc) is 3.02. The monoisotopic (exact) mass is 506 g/mol. The highest BCUT2D eigenvalue weighted by atomic mass is 127. The van der Waals surface area contributed by atoms with Crippen molar-refractivity contribution in [3.05, 3.63) is 17.5 Å². The van der Waals surface area contributed by atoms with Crippen molar-refractivity contribution in [3.8, 4) is 0 Å². The molecular formula is C19H35IN6O2. The van der Waals surface area contributed by atoms with Crippen molar-refractivity contribution in [2.24, 2.45) is 10.4 Å². The Morgan fingerprint density at radius 2 is 1.93 bits per heavy atom. The van der Waals surface area contributed by atoms with E-state index in [-0.39, 0.29) is 35.3 Å². The number of aryl methyl sites for hydroxylation is 1. The molecule has 1 saturated heterocycles. The highest BCUT2D eigenvalue weighted by Gasteiger charge is 2.21. The van der Waals surface area contributed by atoms with Gasteiger partial charge in [0.1, 0.15) is 5.76 Å². The minimum atomic E-state index is -0.368. The van der Waals surface area contributed by atoms with Crippen LogP contribution in [0.15, 0.2) is 15.6 Å². The van der Waals surface area contributed by atoms with E-state index in [1.54, 1.807) is 0 Å². The van der Waals surface area contributed by atoms with Crippen LogP contribution in [-0.4, -0.2) is 72.6 Å². The molecule has 1 fully saturated rings. The molecule has 2 N–H and O–H groups in total. The van der Waals surface area contributed by atoms with Gasteiger partial charge in [0, 0.05) is 57.3 Å². The third-order valence-electron chi connectivity index (χ3n) is 4.41. The van der Waals surface area contributed by atoms with E-state index in [9.17, 15) is 4.79 Å². The van der Waals surface area contributed by atoms with Gasteiger partial charge in [0.25, 0.3) is 0 Å². The van der Waals surface area contributed by atoms with Gasteiger partial charge in [0.15, 0.2) is 5.96 Å². The van der Waals surface area contributed by atoms with E-state index in [0.29, 0.717) is 13.1 Å². The molecule has 0 unspecified atom stereocenters. The molecular weight excluding hydrogens is 471 g/mol. The van der Waals surface area contributed by atoms with Crippen LogP contribution in [0.1, 0.15) is 39.1 Å². The number of amides is 1. The molecule has 0 atom stereocenters. The van der Waals surface area contributed by atoms with Crippen molar-refractivity contribution in [2.45, 2.75) is 41.2 Å². The second kappa shape index (κ2) is 11.6. The van der Waals surface area contributed by atoms with Gasteiger partial charge in [0.05, 0.1) is 12.2 Å². The van der Waals surface area contributed by atoms with Gasteiger partial charge in [-0.25, -0.2) is 0 Å². The summed E-state index contributed by atoms with van der Waals surface area (Å²) in [5.41, 5.74) is 0.614. The van der Waals surface area contributed by atoms with Crippen LogP contribution in [0.5, 0.6) is 0 Å². The van der Waals surface area contributed by atoms with Crippen LogP contribution >= 0.6 is 24.0 Å². The first-order valence-corrected chi connectivity index (χ1v) is 9.75. The standard InChI is InChI=1S/C19H34N6O2.HI/c1-6-20-18(22-8-7-21-17(26)19(3,4)5)25-11-9-24(10-12-25)14-16-13-15(2)27-23-16;/h13H,6-12,14H2,1-5H3,(H,20,22)(H,21,26);1H. The molecule has 1 aromatic rings. The third-order valence-corrected chi connectivity index (χ3v) is 4.41. The lowest BCUT2D eigenvalue weighted by Crippen LogP contribution is -2.52. The summed E-state index contributed by atoms with van der Waals surface area (Å²) in [6.07, 6.45) is 0. The van der Waals surface area contributed by atoms with Gasteiger partial charge < -0.3 is 20.1 Å². The number of nitrogens with zero attached hydrogens (tertiary/aromatic N) is 4. The zero-order chi connectivity index (χ0) is 19.9. The number of guanidine groups is 1. The van der Waals surface area contributed by atoms with E-state index in [1.165, 1.54) is 0 Å². The summed E-state index contributed by atoms with van der Waals surface area (Å²) in [5, 5.41) is 10.4. The van der Waals surface area contributed by atoms with Gasteiger partial charge in [-0.05, 0) is 13.8 Å². The fourth-order valence-corrected chi connectivity index (χ4v) is 2.86. The maximum absolute atomic E-state index is 11.9. The van der Waals surface area contributed by atoms with Crippen molar-refractivity contribution in [1.29, 1.82) is 0 Å². The maximum atomic E-state index is 11.9. The SMILES string of the molecule is CCNC(=NCCNC(=O)C(C)(C)C)N1CCN(Cc2cc(C)on2)CC1.I. The largest absolute Gasteiger partial charge is 0.361 e. The molecule has 0 aromatic carbocycles. The van der Waals surface area contributed by atoms with E-state index < -0.39 is 0 Å². The number of hydrogen-bond acceptors (Lipinski definition) is 5. The van der Waals surface area contributed by atoms with E-state index in [4.69, 9.17) is 4.52 Å². The second-order valence-corrected chi connectivity index (χ2v) is 7.93. The van der Waals surface area contributed by atoms with E-state index in [1.807, 2.05) is 33.8 Å². The van der Waals surface area contributed by atoms with Crippen LogP contribution in [0.2, 0.25) is 0 Å². The summed E-state index contributed by atoms with van der Waals surface area (Å²) in [4.78, 5) is 21.2. The molecule has 160 valence electrons. The summed E-state index contributed by atoms with van der Waals surface area (Å²) in [7, 11) is 0. The molecule has 1 aliphatic heterocycles. The van der Waals surface area contributed by atoms with E-state index in [2.05, 4.69) is 37.5 Å². The smallest absolute Gasteiger partial charge is 0.225 e. The van der Waals surface area contributed by atoms with Crippen molar-refractivity contribution >= 4 is 35.8 Å². The molecule has 0 bridgehead atoms. The number of nitrogens with one attached hydrogen (secondary N) is 2. The highest BCUT2D eigenvalue weighted by molar-refractivity contribution is 14.0. The molecule has 0 spiro atoms. The quantitative estimate of drug-likeness (QED) is 0.265. The Bertz CT molecular complexity index is 633. The summed E-state index contributed by atoms with van der Waals surface area (Å²) in [6, 6.07) is 1.99. The number of aromatic nitrogens is 1. The number of aliphatic imine (C=N–C) groups is 1. The molecule has 28 heavy (non-hydrogen) atoms. The first-order valence-electron chi connectivity index (χ1n) is 9.75. The number of carbonyl (C=O) groups excluding carboxylic acids is 1. The lowest BCUT2D eigenvalue weighted by atomic mass is 9.96. The fourth-order valence-electron chi connectivity index (χ4n) is 2.86. The lowest BCUT2D eigenvalue weighted by molar-refractivity contribution is -0.128. The number of hydrogen-bond donors (Lipinski definition) is 2. The minimum Gasteiger partial charge on any atom is -0.361 e.